The zero-order chi connectivity index (χ0) is 25.5. The van der Waals surface area contributed by atoms with Crippen LogP contribution >= 0.6 is 11.6 Å². The van der Waals surface area contributed by atoms with Crippen LogP contribution in [0.25, 0.3) is 0 Å². The quantitative estimate of drug-likeness (QED) is 0.540. The first-order valence-electron chi connectivity index (χ1n) is 11.6. The number of para-hydroxylation sites is 2. The molecule has 4 rings (SSSR count). The molecular weight excluding hydrogens is 484 g/mol. The summed E-state index contributed by atoms with van der Waals surface area (Å²) in [5.41, 5.74) is 0.654. The highest BCUT2D eigenvalue weighted by Crippen LogP contribution is 2.36. The number of hydrogen-bond donors (Lipinski definition) is 1. The predicted octanol–water partition coefficient (Wildman–Crippen LogP) is 4.54. The van der Waals surface area contributed by atoms with Gasteiger partial charge in [0.2, 0.25) is 5.91 Å². The molecule has 10 heteroatoms. The molecule has 1 aromatic heterocycles. The summed E-state index contributed by atoms with van der Waals surface area (Å²) in [5.74, 6) is 1.37. The minimum Gasteiger partial charge on any atom is -0.487 e. The number of benzene rings is 2. The van der Waals surface area contributed by atoms with E-state index in [1.54, 1.807) is 30.3 Å². The summed E-state index contributed by atoms with van der Waals surface area (Å²) < 4.78 is 17.6. The van der Waals surface area contributed by atoms with Crippen LogP contribution in [0, 0.1) is 0 Å². The fourth-order valence-corrected chi connectivity index (χ4v) is 3.67. The van der Waals surface area contributed by atoms with Crippen molar-refractivity contribution >= 4 is 29.1 Å². The maximum absolute atomic E-state index is 13.2. The average molecular weight is 511 g/mol. The lowest BCUT2D eigenvalue weighted by Crippen LogP contribution is -2.40. The third-order valence-electron chi connectivity index (χ3n) is 5.33. The molecule has 3 aromatic rings. The van der Waals surface area contributed by atoms with Gasteiger partial charge in [-0.05, 0) is 30.3 Å². The van der Waals surface area contributed by atoms with Crippen LogP contribution in [-0.4, -0.2) is 59.6 Å². The van der Waals surface area contributed by atoms with Crippen LogP contribution in [0.2, 0.25) is 5.02 Å². The molecule has 0 spiro atoms. The molecule has 0 atom stereocenters. The number of halogens is 1. The van der Waals surface area contributed by atoms with Crippen LogP contribution in [0.15, 0.2) is 54.9 Å². The van der Waals surface area contributed by atoms with E-state index >= 15 is 0 Å². The smallest absolute Gasteiger partial charge is 0.257 e. The Labute approximate surface area is 214 Å². The van der Waals surface area contributed by atoms with Crippen molar-refractivity contribution < 1.29 is 23.8 Å². The highest BCUT2D eigenvalue weighted by Gasteiger charge is 2.21. The van der Waals surface area contributed by atoms with E-state index in [1.165, 1.54) is 17.3 Å². The molecule has 2 heterocycles. The van der Waals surface area contributed by atoms with E-state index in [4.69, 9.17) is 25.8 Å². The number of hydrogen-bond acceptors (Lipinski definition) is 7. The van der Waals surface area contributed by atoms with Gasteiger partial charge in [0.05, 0.1) is 24.5 Å². The number of aromatic nitrogens is 2. The summed E-state index contributed by atoms with van der Waals surface area (Å²) in [7, 11) is 0. The molecule has 0 unspecified atom stereocenters. The van der Waals surface area contributed by atoms with Gasteiger partial charge in [0, 0.05) is 29.9 Å². The van der Waals surface area contributed by atoms with E-state index in [1.807, 2.05) is 26.0 Å². The Balaban J connectivity index is 1.59. The van der Waals surface area contributed by atoms with Gasteiger partial charge in [-0.25, -0.2) is 9.97 Å². The van der Waals surface area contributed by atoms with E-state index in [0.717, 1.165) is 0 Å². The molecule has 36 heavy (non-hydrogen) atoms. The van der Waals surface area contributed by atoms with Crippen molar-refractivity contribution in [2.75, 3.05) is 38.2 Å². The molecule has 0 bridgehead atoms. The largest absolute Gasteiger partial charge is 0.487 e. The Morgan fingerprint density at radius 3 is 2.53 bits per heavy atom. The number of carbonyl (C=O) groups is 2. The van der Waals surface area contributed by atoms with Crippen LogP contribution < -0.4 is 14.8 Å². The van der Waals surface area contributed by atoms with E-state index in [2.05, 4.69) is 15.3 Å². The number of carbonyl (C=O) groups excluding carboxylic acids is 2. The van der Waals surface area contributed by atoms with Gasteiger partial charge in [-0.3, -0.25) is 9.59 Å². The number of nitrogens with zero attached hydrogens (tertiary/aromatic N) is 3. The van der Waals surface area contributed by atoms with Gasteiger partial charge in [0.1, 0.15) is 19.0 Å². The Morgan fingerprint density at radius 1 is 1.03 bits per heavy atom. The zero-order valence-corrected chi connectivity index (χ0v) is 20.8. The lowest BCUT2D eigenvalue weighted by atomic mass is 10.2. The van der Waals surface area contributed by atoms with Gasteiger partial charge >= 0.3 is 0 Å². The molecule has 0 saturated carbocycles. The van der Waals surface area contributed by atoms with Crippen molar-refractivity contribution in [3.05, 3.63) is 71.3 Å². The number of ether oxygens (including phenoxy) is 3. The van der Waals surface area contributed by atoms with Gasteiger partial charge in [-0.2, -0.15) is 0 Å². The van der Waals surface area contributed by atoms with Crippen LogP contribution in [-0.2, 0) is 9.53 Å². The van der Waals surface area contributed by atoms with Crippen molar-refractivity contribution in [1.29, 1.82) is 0 Å². The topological polar surface area (TPSA) is 103 Å². The van der Waals surface area contributed by atoms with Crippen molar-refractivity contribution in [1.82, 2.24) is 14.9 Å². The average Bonchev–Trinajstić information content (AvgIpc) is 2.87. The van der Waals surface area contributed by atoms with Gasteiger partial charge in [0.25, 0.3) is 5.91 Å². The third kappa shape index (κ3) is 6.50. The number of amides is 2. The molecule has 2 amide bonds. The lowest BCUT2D eigenvalue weighted by molar-refractivity contribution is -0.117. The van der Waals surface area contributed by atoms with Crippen LogP contribution in [0.3, 0.4) is 0 Å². The van der Waals surface area contributed by atoms with Crippen LogP contribution in [0.1, 0.15) is 35.9 Å². The normalized spacial score (nSPS) is 14.9. The highest BCUT2D eigenvalue weighted by atomic mass is 35.5. The van der Waals surface area contributed by atoms with Gasteiger partial charge in [-0.15, -0.1) is 0 Å². The van der Waals surface area contributed by atoms with Gasteiger partial charge < -0.3 is 24.4 Å². The molecule has 1 N–H and O–H groups in total. The van der Waals surface area contributed by atoms with E-state index in [0.29, 0.717) is 40.4 Å². The SMILES string of the molecule is CC(C)c1ncc(C(=O)N2CCOCCOc3ccccc3Oc3ccc(Cl)cc3NC(=O)C2)cn1. The molecule has 2 aromatic carbocycles. The predicted molar refractivity (Wildman–Crippen MR) is 135 cm³/mol. The minimum atomic E-state index is -0.422. The van der Waals surface area contributed by atoms with Crippen LogP contribution in [0.4, 0.5) is 5.69 Å². The van der Waals surface area contributed by atoms with Crippen molar-refractivity contribution in [3.63, 3.8) is 0 Å². The summed E-state index contributed by atoms with van der Waals surface area (Å²) in [6, 6.07) is 12.1. The Hall–Kier alpha value is -3.69. The number of fused-ring (bicyclic) bond motifs is 2. The first-order chi connectivity index (χ1) is 17.4. The third-order valence-corrected chi connectivity index (χ3v) is 5.57. The Kier molecular flexibility index (Phi) is 8.35. The van der Waals surface area contributed by atoms with Crippen molar-refractivity contribution in [2.45, 2.75) is 19.8 Å². The fraction of sp³-hybridized carbons (Fsp3) is 0.308. The van der Waals surface area contributed by atoms with Gasteiger partial charge in [0.15, 0.2) is 17.2 Å². The summed E-state index contributed by atoms with van der Waals surface area (Å²) in [4.78, 5) is 36.2. The molecule has 0 saturated heterocycles. The second-order valence-corrected chi connectivity index (χ2v) is 8.85. The molecule has 188 valence electrons. The molecule has 0 radical (unpaired) electrons. The maximum Gasteiger partial charge on any atom is 0.257 e. The minimum absolute atomic E-state index is 0.134. The van der Waals surface area contributed by atoms with Gasteiger partial charge in [-0.1, -0.05) is 37.6 Å². The van der Waals surface area contributed by atoms with Crippen molar-refractivity contribution in [3.8, 4) is 17.2 Å². The Bertz CT molecular complexity index is 1220. The standard InChI is InChI=1S/C26H27ClN4O5/c1-17(2)25-28-14-18(15-29-25)26(33)31-9-10-34-11-12-35-22-5-3-4-6-23(22)36-21-8-7-19(27)13-20(21)30-24(32)16-31/h3-8,13-15,17H,9-12,16H2,1-2H3,(H,30,32). The molecular formula is C26H27ClN4O5. The molecule has 0 fully saturated rings. The van der Waals surface area contributed by atoms with Crippen molar-refractivity contribution in [2.24, 2.45) is 0 Å². The van der Waals surface area contributed by atoms with E-state index in [-0.39, 0.29) is 43.7 Å². The monoisotopic (exact) mass is 510 g/mol. The number of anilines is 1. The van der Waals surface area contributed by atoms with E-state index in [9.17, 15) is 9.59 Å². The summed E-state index contributed by atoms with van der Waals surface area (Å²) >= 11 is 6.19. The van der Waals surface area contributed by atoms with Crippen LogP contribution in [0.5, 0.6) is 17.2 Å². The number of nitrogens with one attached hydrogen (secondary N) is 1. The maximum atomic E-state index is 13.2. The second kappa shape index (κ2) is 11.8. The second-order valence-electron chi connectivity index (χ2n) is 8.41. The Morgan fingerprint density at radius 2 is 1.78 bits per heavy atom. The highest BCUT2D eigenvalue weighted by molar-refractivity contribution is 6.31. The fourth-order valence-electron chi connectivity index (χ4n) is 3.49. The molecule has 1 aliphatic rings. The molecule has 0 aliphatic carbocycles. The molecule has 1 aliphatic heterocycles. The first kappa shape index (κ1) is 25.4. The summed E-state index contributed by atoms with van der Waals surface area (Å²) in [6.07, 6.45) is 2.96. The van der Waals surface area contributed by atoms with E-state index < -0.39 is 5.91 Å². The number of rotatable bonds is 2. The molecule has 9 nitrogen and oxygen atoms in total. The first-order valence-corrected chi connectivity index (χ1v) is 12.0. The summed E-state index contributed by atoms with van der Waals surface area (Å²) in [6.45, 7) is 4.70. The summed E-state index contributed by atoms with van der Waals surface area (Å²) in [5, 5.41) is 3.23. The zero-order valence-electron chi connectivity index (χ0n) is 20.1. The lowest BCUT2D eigenvalue weighted by Gasteiger charge is -2.22.